The lowest BCUT2D eigenvalue weighted by Gasteiger charge is -2.36. The van der Waals surface area contributed by atoms with Crippen LogP contribution in [0.4, 0.5) is 13.2 Å². The van der Waals surface area contributed by atoms with Crippen molar-refractivity contribution in [2.45, 2.75) is 44.4 Å². The molecule has 1 aromatic heterocycles. The molecule has 0 bridgehead atoms. The van der Waals surface area contributed by atoms with Crippen molar-refractivity contribution in [3.8, 4) is 11.5 Å². The van der Waals surface area contributed by atoms with Crippen LogP contribution in [-0.4, -0.2) is 29.8 Å². The van der Waals surface area contributed by atoms with Gasteiger partial charge in [-0.2, -0.15) is 13.2 Å². The predicted octanol–water partition coefficient (Wildman–Crippen LogP) is 4.61. The first kappa shape index (κ1) is 17.7. The lowest BCUT2D eigenvalue weighted by atomic mass is 9.90. The maximum Gasteiger partial charge on any atom is 0.393 e. The molecule has 3 nitrogen and oxygen atoms in total. The predicted molar refractivity (Wildman–Crippen MR) is 93.9 cm³/mol. The highest BCUT2D eigenvalue weighted by Crippen LogP contribution is 2.43. The normalized spacial score (nSPS) is 20.1. The molecule has 2 aromatic rings. The minimum Gasteiger partial charge on any atom is -0.504 e. The van der Waals surface area contributed by atoms with E-state index in [0.29, 0.717) is 17.2 Å². The van der Waals surface area contributed by atoms with Crippen molar-refractivity contribution in [3.63, 3.8) is 0 Å². The van der Waals surface area contributed by atoms with Crippen LogP contribution in [0.3, 0.4) is 0 Å². The van der Waals surface area contributed by atoms with Crippen LogP contribution in [0.15, 0.2) is 18.2 Å². The van der Waals surface area contributed by atoms with Gasteiger partial charge >= 0.3 is 6.18 Å². The lowest BCUT2D eigenvalue weighted by molar-refractivity contribution is -0.126. The van der Waals surface area contributed by atoms with Gasteiger partial charge in [0.25, 0.3) is 0 Å². The molecule has 3 heterocycles. The lowest BCUT2D eigenvalue weighted by Crippen LogP contribution is -2.34. The van der Waals surface area contributed by atoms with Crippen LogP contribution in [0.1, 0.15) is 38.9 Å². The third-order valence-electron chi connectivity index (χ3n) is 5.25. The van der Waals surface area contributed by atoms with Crippen LogP contribution in [0.2, 0.25) is 0 Å². The van der Waals surface area contributed by atoms with Gasteiger partial charge in [0.2, 0.25) is 0 Å². The largest absolute Gasteiger partial charge is 0.504 e. The topological polar surface area (TPSA) is 32.7 Å². The van der Waals surface area contributed by atoms with E-state index in [1.165, 1.54) is 16.9 Å². The maximum atomic E-state index is 12.7. The molecular formula is C19H20F3NO2S. The first-order chi connectivity index (χ1) is 12.3. The molecule has 26 heavy (non-hydrogen) atoms. The molecule has 0 amide bonds. The van der Waals surface area contributed by atoms with Gasteiger partial charge in [0, 0.05) is 28.9 Å². The number of phenols is 1. The molecule has 0 fully saturated rings. The SMILES string of the molecule is COc1cc2c(cc1O)[C@@H]1CCc3sc(CC(F)(F)F)cc3CN1CC2. The third kappa shape index (κ3) is 3.30. The summed E-state index contributed by atoms with van der Waals surface area (Å²) in [6.45, 7) is 1.52. The van der Waals surface area contributed by atoms with E-state index in [1.807, 2.05) is 6.07 Å². The van der Waals surface area contributed by atoms with Gasteiger partial charge < -0.3 is 9.84 Å². The van der Waals surface area contributed by atoms with Crippen molar-refractivity contribution < 1.29 is 23.0 Å². The number of aromatic hydroxyl groups is 1. The van der Waals surface area contributed by atoms with Gasteiger partial charge in [0.05, 0.1) is 13.5 Å². The number of aryl methyl sites for hydroxylation is 1. The van der Waals surface area contributed by atoms with Crippen LogP contribution in [0.25, 0.3) is 0 Å². The highest BCUT2D eigenvalue weighted by atomic mass is 32.1. The van der Waals surface area contributed by atoms with Gasteiger partial charge in [-0.1, -0.05) is 0 Å². The zero-order chi connectivity index (χ0) is 18.5. The summed E-state index contributed by atoms with van der Waals surface area (Å²) in [6, 6.07) is 5.61. The van der Waals surface area contributed by atoms with Crippen molar-refractivity contribution in [2.24, 2.45) is 0 Å². The number of alkyl halides is 3. The number of benzene rings is 1. The van der Waals surface area contributed by atoms with E-state index in [2.05, 4.69) is 4.90 Å². The van der Waals surface area contributed by atoms with E-state index in [-0.39, 0.29) is 11.8 Å². The first-order valence-electron chi connectivity index (χ1n) is 8.65. The highest BCUT2D eigenvalue weighted by Gasteiger charge is 2.33. The number of methoxy groups -OCH3 is 1. The monoisotopic (exact) mass is 383 g/mol. The quantitative estimate of drug-likeness (QED) is 0.822. The van der Waals surface area contributed by atoms with Gasteiger partial charge in [-0.3, -0.25) is 4.90 Å². The molecule has 2 aliphatic heterocycles. The van der Waals surface area contributed by atoms with E-state index in [9.17, 15) is 18.3 Å². The van der Waals surface area contributed by atoms with E-state index in [1.54, 1.807) is 19.2 Å². The second-order valence-corrected chi connectivity index (χ2v) is 8.17. The van der Waals surface area contributed by atoms with Crippen LogP contribution in [-0.2, 0) is 25.8 Å². The van der Waals surface area contributed by atoms with Crippen LogP contribution in [0, 0.1) is 0 Å². The Morgan fingerprint density at radius 3 is 2.77 bits per heavy atom. The third-order valence-corrected chi connectivity index (χ3v) is 6.49. The Morgan fingerprint density at radius 2 is 2.04 bits per heavy atom. The van der Waals surface area contributed by atoms with Crippen LogP contribution in [0.5, 0.6) is 11.5 Å². The van der Waals surface area contributed by atoms with Gasteiger partial charge in [0.1, 0.15) is 0 Å². The molecule has 140 valence electrons. The van der Waals surface area contributed by atoms with Gasteiger partial charge in [-0.15, -0.1) is 11.3 Å². The van der Waals surface area contributed by atoms with E-state index in [0.717, 1.165) is 41.8 Å². The average molecular weight is 383 g/mol. The van der Waals surface area contributed by atoms with E-state index < -0.39 is 12.6 Å². The fraction of sp³-hybridized carbons (Fsp3) is 0.474. The second-order valence-electron chi connectivity index (χ2n) is 6.95. The average Bonchev–Trinajstić information content (AvgIpc) is 2.83. The second kappa shape index (κ2) is 6.46. The Bertz CT molecular complexity index is 831. The minimum absolute atomic E-state index is 0.139. The zero-order valence-electron chi connectivity index (χ0n) is 14.4. The maximum absolute atomic E-state index is 12.7. The fourth-order valence-electron chi connectivity index (χ4n) is 4.11. The summed E-state index contributed by atoms with van der Waals surface area (Å²) < 4.78 is 43.3. The molecule has 4 rings (SSSR count). The van der Waals surface area contributed by atoms with Gasteiger partial charge in [0.15, 0.2) is 11.5 Å². The van der Waals surface area contributed by atoms with E-state index >= 15 is 0 Å². The van der Waals surface area contributed by atoms with Gasteiger partial charge in [-0.25, -0.2) is 0 Å². The van der Waals surface area contributed by atoms with Crippen molar-refractivity contribution in [3.05, 3.63) is 44.6 Å². The minimum atomic E-state index is -4.16. The van der Waals surface area contributed by atoms with Crippen LogP contribution < -0.4 is 4.74 Å². The number of nitrogens with zero attached hydrogens (tertiary/aromatic N) is 1. The number of hydrogen-bond acceptors (Lipinski definition) is 4. The molecule has 1 aromatic carbocycles. The summed E-state index contributed by atoms with van der Waals surface area (Å²) >= 11 is 1.30. The number of rotatable bonds is 2. The molecule has 0 radical (unpaired) electrons. The number of phenolic OH excluding ortho intramolecular Hbond substituents is 1. The number of hydrogen-bond donors (Lipinski definition) is 1. The molecule has 0 saturated carbocycles. The van der Waals surface area contributed by atoms with Crippen molar-refractivity contribution in [1.29, 1.82) is 0 Å². The molecule has 0 spiro atoms. The Balaban J connectivity index is 1.61. The summed E-state index contributed by atoms with van der Waals surface area (Å²) in [5.74, 6) is 0.626. The molecular weight excluding hydrogens is 363 g/mol. The smallest absolute Gasteiger partial charge is 0.393 e. The number of ether oxygens (including phenoxy) is 1. The van der Waals surface area contributed by atoms with Crippen molar-refractivity contribution in [1.82, 2.24) is 4.90 Å². The molecule has 0 aliphatic carbocycles. The van der Waals surface area contributed by atoms with Crippen molar-refractivity contribution in [2.75, 3.05) is 13.7 Å². The number of fused-ring (bicyclic) bond motifs is 4. The molecule has 0 saturated heterocycles. The molecule has 0 unspecified atom stereocenters. The molecule has 1 atom stereocenters. The fourth-order valence-corrected chi connectivity index (χ4v) is 5.33. The Labute approximate surface area is 154 Å². The van der Waals surface area contributed by atoms with Gasteiger partial charge in [-0.05, 0) is 54.2 Å². The number of halogens is 3. The standard InChI is InChI=1S/C19H20F3NO2S/c1-25-17-7-11-4-5-23-10-12-6-13(9-19(20,21)22)26-18(12)3-2-15(23)14(11)8-16(17)24/h6-8,15,24H,2-5,9-10H2,1H3/t15-/m0/s1. The summed E-state index contributed by atoms with van der Waals surface area (Å²) in [5, 5.41) is 10.2. The van der Waals surface area contributed by atoms with Crippen molar-refractivity contribution >= 4 is 11.3 Å². The molecule has 1 N–H and O–H groups in total. The summed E-state index contributed by atoms with van der Waals surface area (Å²) in [5.41, 5.74) is 3.32. The summed E-state index contributed by atoms with van der Waals surface area (Å²) in [6.07, 6.45) is -2.54. The first-order valence-corrected chi connectivity index (χ1v) is 9.47. The highest BCUT2D eigenvalue weighted by molar-refractivity contribution is 7.12. The van der Waals surface area contributed by atoms with E-state index in [4.69, 9.17) is 4.74 Å². The number of thiophene rings is 1. The molecule has 7 heteroatoms. The summed E-state index contributed by atoms with van der Waals surface area (Å²) in [4.78, 5) is 3.79. The summed E-state index contributed by atoms with van der Waals surface area (Å²) in [7, 11) is 1.54. The Kier molecular flexibility index (Phi) is 4.39. The Morgan fingerprint density at radius 1 is 1.23 bits per heavy atom. The zero-order valence-corrected chi connectivity index (χ0v) is 15.2. The molecule has 2 aliphatic rings. The van der Waals surface area contributed by atoms with Crippen LogP contribution >= 0.6 is 11.3 Å². The Hall–Kier alpha value is -1.73.